The van der Waals surface area contributed by atoms with Crippen LogP contribution in [-0.2, 0) is 22.7 Å². The standard InChI is InChI=1S/C32H32FN9.C2H6.CO2/c1-34-11-20-6-22(9-25(33)8-20)27-17-37-18-28-29(27)40-32(39-28)30-26-10-24(16-38-31(26)42-41-30)23-7-21(14-36-15-23)13-35-12-19-4-2-3-5-19;1-2;2-1-3/h6-10,14-19,34-35H,2-5,11-13H2,1H3,(H,39,40)(H,38,41,42);1-2H3;. The molecule has 0 radical (unpaired) electrons. The van der Waals surface area contributed by atoms with Crippen molar-refractivity contribution in [3.63, 3.8) is 0 Å². The molecule has 12 heteroatoms. The maximum absolute atomic E-state index is 14.5. The minimum Gasteiger partial charge on any atom is -0.335 e. The highest BCUT2D eigenvalue weighted by atomic mass is 19.1. The van der Waals surface area contributed by atoms with Crippen LogP contribution in [0, 0.1) is 11.7 Å². The quantitative estimate of drug-likeness (QED) is 0.145. The Morgan fingerprint density at radius 1 is 0.894 bits per heavy atom. The Morgan fingerprint density at radius 3 is 2.43 bits per heavy atom. The number of H-pyrrole nitrogens is 2. The highest BCUT2D eigenvalue weighted by molar-refractivity contribution is 5.96. The van der Waals surface area contributed by atoms with Crippen molar-refractivity contribution in [1.82, 2.24) is 45.8 Å². The monoisotopic (exact) mass is 635 g/mol. The number of benzene rings is 1. The summed E-state index contributed by atoms with van der Waals surface area (Å²) in [6.07, 6.45) is 14.7. The molecule has 1 aliphatic carbocycles. The zero-order valence-electron chi connectivity index (χ0n) is 26.7. The first-order valence-electron chi connectivity index (χ1n) is 15.8. The summed E-state index contributed by atoms with van der Waals surface area (Å²) in [4.78, 5) is 38.1. The molecule has 7 rings (SSSR count). The lowest BCUT2D eigenvalue weighted by molar-refractivity contribution is -0.191. The van der Waals surface area contributed by atoms with Crippen molar-refractivity contribution in [2.45, 2.75) is 52.6 Å². The number of nitrogens with zero attached hydrogens (tertiary/aromatic N) is 5. The van der Waals surface area contributed by atoms with Crippen LogP contribution in [0.3, 0.4) is 0 Å². The molecule has 0 spiro atoms. The van der Waals surface area contributed by atoms with Crippen LogP contribution in [0.5, 0.6) is 0 Å². The van der Waals surface area contributed by atoms with E-state index in [0.717, 1.165) is 69.0 Å². The number of imidazole rings is 1. The van der Waals surface area contributed by atoms with Gasteiger partial charge in [-0.2, -0.15) is 14.7 Å². The van der Waals surface area contributed by atoms with E-state index >= 15 is 0 Å². The summed E-state index contributed by atoms with van der Waals surface area (Å²) in [5, 5.41) is 15.1. The van der Waals surface area contributed by atoms with Gasteiger partial charge in [-0.3, -0.25) is 15.1 Å². The molecule has 11 nitrogen and oxygen atoms in total. The van der Waals surface area contributed by atoms with Gasteiger partial charge in [-0.15, -0.1) is 0 Å². The summed E-state index contributed by atoms with van der Waals surface area (Å²) >= 11 is 0. The smallest absolute Gasteiger partial charge is 0.335 e. The van der Waals surface area contributed by atoms with Crippen LogP contribution in [-0.4, -0.2) is 54.9 Å². The van der Waals surface area contributed by atoms with Crippen LogP contribution in [0.1, 0.15) is 50.7 Å². The third-order valence-electron chi connectivity index (χ3n) is 8.06. The van der Waals surface area contributed by atoms with Gasteiger partial charge in [0.05, 0.1) is 22.6 Å². The van der Waals surface area contributed by atoms with Gasteiger partial charge >= 0.3 is 6.15 Å². The van der Waals surface area contributed by atoms with Crippen molar-refractivity contribution in [3.05, 3.63) is 78.3 Å². The average Bonchev–Trinajstić information content (AvgIpc) is 3.86. The fraction of sp³-hybridized carbons (Fsp3) is 0.314. The van der Waals surface area contributed by atoms with Crippen LogP contribution >= 0.6 is 0 Å². The number of aromatic nitrogens is 7. The maximum atomic E-state index is 14.5. The molecule has 0 bridgehead atoms. The second kappa shape index (κ2) is 15.9. The topological polar surface area (TPSA) is 154 Å². The lowest BCUT2D eigenvalue weighted by atomic mass is 10.0. The van der Waals surface area contributed by atoms with Crippen LogP contribution in [0.15, 0.2) is 61.3 Å². The molecular formula is C35H38FN9O2. The number of fused-ring (bicyclic) bond motifs is 2. The highest BCUT2D eigenvalue weighted by Crippen LogP contribution is 2.33. The molecule has 1 aliphatic rings. The Morgan fingerprint density at radius 2 is 1.64 bits per heavy atom. The second-order valence-electron chi connectivity index (χ2n) is 11.2. The summed E-state index contributed by atoms with van der Waals surface area (Å²) < 4.78 is 14.5. The number of hydrogen-bond donors (Lipinski definition) is 4. The largest absolute Gasteiger partial charge is 0.373 e. The third-order valence-corrected chi connectivity index (χ3v) is 8.06. The predicted molar refractivity (Wildman–Crippen MR) is 178 cm³/mol. The molecule has 47 heavy (non-hydrogen) atoms. The third kappa shape index (κ3) is 7.81. The minimum atomic E-state index is -0.299. The molecular weight excluding hydrogens is 597 g/mol. The molecule has 0 aliphatic heterocycles. The molecule has 0 amide bonds. The Kier molecular flexibility index (Phi) is 11.2. The normalized spacial score (nSPS) is 12.8. The first kappa shape index (κ1) is 33.2. The SMILES string of the molecule is CC.CNCc1cc(F)cc(-c2cncc3[nH]c(-c4[nH]nc5ncc(-c6cncc(CNCC7CCCC7)c6)cc45)nc23)c1.O=C=O. The van der Waals surface area contributed by atoms with E-state index in [0.29, 0.717) is 23.5 Å². The Labute approximate surface area is 271 Å². The molecule has 5 aromatic heterocycles. The second-order valence-corrected chi connectivity index (χ2v) is 11.2. The molecule has 5 heterocycles. The molecule has 0 saturated heterocycles. The Hall–Kier alpha value is -5.16. The number of carbonyl (C=O) groups excluding carboxylic acids is 2. The molecule has 1 saturated carbocycles. The summed E-state index contributed by atoms with van der Waals surface area (Å²) in [5.74, 6) is 1.10. The molecule has 1 aromatic carbocycles. The number of aromatic amines is 2. The fourth-order valence-electron chi connectivity index (χ4n) is 5.99. The van der Waals surface area contributed by atoms with E-state index in [1.165, 1.54) is 37.8 Å². The predicted octanol–water partition coefficient (Wildman–Crippen LogP) is 6.21. The summed E-state index contributed by atoms with van der Waals surface area (Å²) in [6.45, 7) is 6.41. The Balaban J connectivity index is 0.000000822. The van der Waals surface area contributed by atoms with Crippen molar-refractivity contribution >= 4 is 28.2 Å². The van der Waals surface area contributed by atoms with Crippen LogP contribution in [0.25, 0.3) is 55.8 Å². The van der Waals surface area contributed by atoms with Crippen LogP contribution in [0.4, 0.5) is 4.39 Å². The number of halogens is 1. The summed E-state index contributed by atoms with van der Waals surface area (Å²) in [5.41, 5.74) is 8.18. The first-order chi connectivity index (χ1) is 23.1. The van der Waals surface area contributed by atoms with Gasteiger partial charge < -0.3 is 15.6 Å². The molecule has 6 aromatic rings. The van der Waals surface area contributed by atoms with E-state index in [-0.39, 0.29) is 12.0 Å². The number of pyridine rings is 3. The van der Waals surface area contributed by atoms with Crippen molar-refractivity contribution in [2.24, 2.45) is 5.92 Å². The summed E-state index contributed by atoms with van der Waals surface area (Å²) in [7, 11) is 1.84. The van der Waals surface area contributed by atoms with E-state index in [9.17, 15) is 4.39 Å². The van der Waals surface area contributed by atoms with Gasteiger partial charge in [0.15, 0.2) is 11.5 Å². The van der Waals surface area contributed by atoms with Crippen molar-refractivity contribution in [2.75, 3.05) is 13.6 Å². The van der Waals surface area contributed by atoms with Crippen molar-refractivity contribution < 1.29 is 14.0 Å². The average molecular weight is 636 g/mol. The zero-order valence-corrected chi connectivity index (χ0v) is 26.7. The van der Waals surface area contributed by atoms with Crippen LogP contribution < -0.4 is 10.6 Å². The van der Waals surface area contributed by atoms with Crippen molar-refractivity contribution in [1.29, 1.82) is 0 Å². The zero-order chi connectivity index (χ0) is 33.2. The van der Waals surface area contributed by atoms with Gasteiger partial charge in [-0.25, -0.2) is 14.4 Å². The van der Waals surface area contributed by atoms with E-state index in [1.807, 2.05) is 45.6 Å². The van der Waals surface area contributed by atoms with Gasteiger partial charge in [0.1, 0.15) is 11.5 Å². The molecule has 4 N–H and O–H groups in total. The lowest BCUT2D eigenvalue weighted by Crippen LogP contribution is -2.20. The molecule has 0 unspecified atom stereocenters. The van der Waals surface area contributed by atoms with Gasteiger partial charge in [0, 0.05) is 54.6 Å². The van der Waals surface area contributed by atoms with Crippen molar-refractivity contribution in [3.8, 4) is 33.8 Å². The maximum Gasteiger partial charge on any atom is 0.373 e. The van der Waals surface area contributed by atoms with E-state index in [4.69, 9.17) is 14.6 Å². The van der Waals surface area contributed by atoms with Gasteiger partial charge in [-0.05, 0) is 79.4 Å². The summed E-state index contributed by atoms with van der Waals surface area (Å²) in [6, 6.07) is 9.23. The van der Waals surface area contributed by atoms with E-state index in [2.05, 4.69) is 52.9 Å². The van der Waals surface area contributed by atoms with Gasteiger partial charge in [0.2, 0.25) is 0 Å². The minimum absolute atomic E-state index is 0.250. The fourth-order valence-corrected chi connectivity index (χ4v) is 5.99. The van der Waals surface area contributed by atoms with E-state index in [1.54, 1.807) is 12.4 Å². The molecule has 0 atom stereocenters. The number of rotatable bonds is 9. The first-order valence-corrected chi connectivity index (χ1v) is 15.8. The lowest BCUT2D eigenvalue weighted by Gasteiger charge is -2.11. The Bertz CT molecular complexity index is 1980. The number of hydrogen-bond acceptors (Lipinski definition) is 9. The van der Waals surface area contributed by atoms with Gasteiger partial charge in [-0.1, -0.05) is 26.7 Å². The van der Waals surface area contributed by atoms with Crippen LogP contribution in [0.2, 0.25) is 0 Å². The highest BCUT2D eigenvalue weighted by Gasteiger charge is 2.18. The molecule has 1 fully saturated rings. The van der Waals surface area contributed by atoms with E-state index < -0.39 is 0 Å². The molecule has 242 valence electrons. The van der Waals surface area contributed by atoms with Gasteiger partial charge in [0.25, 0.3) is 0 Å². The number of nitrogens with one attached hydrogen (secondary N) is 4.